The van der Waals surface area contributed by atoms with Gasteiger partial charge >= 0.3 is 0 Å². The third kappa shape index (κ3) is 1.86. The average Bonchev–Trinajstić information content (AvgIpc) is 2.74. The molecule has 0 spiro atoms. The third-order valence-electron chi connectivity index (χ3n) is 1.14. The highest BCUT2D eigenvalue weighted by Crippen LogP contribution is 2.36. The molecule has 0 unspecified atom stereocenters. The summed E-state index contributed by atoms with van der Waals surface area (Å²) in [5, 5.41) is 18.6. The van der Waals surface area contributed by atoms with Crippen LogP contribution in [0.5, 0.6) is 0 Å². The van der Waals surface area contributed by atoms with E-state index in [9.17, 15) is 0 Å². The molecule has 0 bridgehead atoms. The summed E-state index contributed by atoms with van der Waals surface area (Å²) in [6.07, 6.45) is 3.44. The molecule has 62 valence electrons. The minimum atomic E-state index is 0.690. The molecule has 1 aromatic rings. The highest BCUT2D eigenvalue weighted by molar-refractivity contribution is 8.78. The van der Waals surface area contributed by atoms with Gasteiger partial charge in [-0.1, -0.05) is 10.8 Å². The van der Waals surface area contributed by atoms with Gasteiger partial charge in [-0.05, 0) is 10.8 Å². The maximum Gasteiger partial charge on any atom is 0.149 e. The number of aromatic nitrogens is 3. The Balaban J connectivity index is 1.83. The van der Waals surface area contributed by atoms with Crippen molar-refractivity contribution in [1.82, 2.24) is 15.4 Å². The van der Waals surface area contributed by atoms with Crippen molar-refractivity contribution in [2.45, 2.75) is 5.03 Å². The Kier molecular flexibility index (Phi) is 2.42. The van der Waals surface area contributed by atoms with Crippen molar-refractivity contribution in [2.24, 2.45) is 10.2 Å². The molecule has 1 aliphatic heterocycles. The molecule has 12 heavy (non-hydrogen) atoms. The largest absolute Gasteiger partial charge is 0.197 e. The maximum atomic E-state index is 3.89. The van der Waals surface area contributed by atoms with E-state index in [0.717, 1.165) is 9.93 Å². The molecule has 0 radical (unpaired) electrons. The van der Waals surface area contributed by atoms with Crippen LogP contribution in [-0.4, -0.2) is 22.0 Å². The fourth-order valence-corrected chi connectivity index (χ4v) is 2.30. The summed E-state index contributed by atoms with van der Waals surface area (Å²) in [4.78, 5) is 1.14. The van der Waals surface area contributed by atoms with Gasteiger partial charge in [0.15, 0.2) is 0 Å². The highest BCUT2D eigenvalue weighted by atomic mass is 33.1. The van der Waals surface area contributed by atoms with Gasteiger partial charge in [0.05, 0.1) is 18.9 Å². The summed E-state index contributed by atoms with van der Waals surface area (Å²) >= 11 is 0. The van der Waals surface area contributed by atoms with E-state index in [1.165, 1.54) is 0 Å². The zero-order valence-electron chi connectivity index (χ0n) is 5.97. The Labute approximate surface area is 76.5 Å². The molecule has 0 aliphatic carbocycles. The summed E-state index contributed by atoms with van der Waals surface area (Å²) < 4.78 is 0. The van der Waals surface area contributed by atoms with Gasteiger partial charge in [-0.15, -0.1) is 5.10 Å². The van der Waals surface area contributed by atoms with Gasteiger partial charge in [-0.3, -0.25) is 0 Å². The first-order valence-electron chi connectivity index (χ1n) is 3.21. The monoisotopic (exact) mass is 199 g/mol. The van der Waals surface area contributed by atoms with Crippen LogP contribution >= 0.6 is 21.6 Å². The van der Waals surface area contributed by atoms with Gasteiger partial charge in [0.25, 0.3) is 0 Å². The van der Waals surface area contributed by atoms with E-state index in [1.54, 1.807) is 34.0 Å². The smallest absolute Gasteiger partial charge is 0.149 e. The zero-order valence-corrected chi connectivity index (χ0v) is 7.60. The van der Waals surface area contributed by atoms with Crippen LogP contribution in [0.1, 0.15) is 0 Å². The quantitative estimate of drug-likeness (QED) is 0.754. The molecule has 1 N–H and O–H groups in total. The molecule has 0 saturated carbocycles. The SMILES string of the molecule is C1=C(SSc2cn[nH]n2)CN=N1. The number of nitrogens with one attached hydrogen (secondary N) is 1. The van der Waals surface area contributed by atoms with Crippen LogP contribution in [-0.2, 0) is 0 Å². The van der Waals surface area contributed by atoms with E-state index in [-0.39, 0.29) is 0 Å². The van der Waals surface area contributed by atoms with Gasteiger partial charge in [0.1, 0.15) is 5.03 Å². The first-order valence-corrected chi connectivity index (χ1v) is 5.36. The van der Waals surface area contributed by atoms with Crippen molar-refractivity contribution in [3.8, 4) is 0 Å². The van der Waals surface area contributed by atoms with Crippen LogP contribution in [0.25, 0.3) is 0 Å². The van der Waals surface area contributed by atoms with Crippen LogP contribution < -0.4 is 0 Å². The molecule has 0 atom stereocenters. The van der Waals surface area contributed by atoms with Crippen LogP contribution in [0.15, 0.2) is 32.6 Å². The lowest BCUT2D eigenvalue weighted by Gasteiger charge is -1.93. The van der Waals surface area contributed by atoms with Crippen LogP contribution in [0.4, 0.5) is 0 Å². The number of rotatable bonds is 3. The molecule has 2 heterocycles. The number of hydrogen-bond donors (Lipinski definition) is 1. The van der Waals surface area contributed by atoms with Gasteiger partial charge in [-0.25, -0.2) is 0 Å². The molecule has 0 fully saturated rings. The van der Waals surface area contributed by atoms with Crippen LogP contribution in [0.2, 0.25) is 0 Å². The van der Waals surface area contributed by atoms with Crippen LogP contribution in [0.3, 0.4) is 0 Å². The van der Waals surface area contributed by atoms with E-state index in [4.69, 9.17) is 0 Å². The average molecular weight is 199 g/mol. The van der Waals surface area contributed by atoms with E-state index in [1.807, 2.05) is 0 Å². The second kappa shape index (κ2) is 3.72. The molecule has 1 aliphatic rings. The Hall–Kier alpha value is -0.820. The second-order valence-electron chi connectivity index (χ2n) is 1.99. The molecule has 7 heteroatoms. The number of H-pyrrole nitrogens is 1. The summed E-state index contributed by atoms with van der Waals surface area (Å²) in [5.41, 5.74) is 0. The molecule has 0 amide bonds. The van der Waals surface area contributed by atoms with Gasteiger partial charge in [-0.2, -0.15) is 20.5 Å². The van der Waals surface area contributed by atoms with E-state index in [0.29, 0.717) is 6.54 Å². The molecule has 1 aromatic heterocycles. The summed E-state index contributed by atoms with van der Waals surface area (Å²) in [7, 11) is 3.16. The van der Waals surface area contributed by atoms with Gasteiger partial charge in [0, 0.05) is 4.91 Å². The fourth-order valence-electron chi connectivity index (χ4n) is 0.632. The van der Waals surface area contributed by atoms with E-state index >= 15 is 0 Å². The van der Waals surface area contributed by atoms with Crippen molar-refractivity contribution in [1.29, 1.82) is 0 Å². The van der Waals surface area contributed by atoms with Crippen molar-refractivity contribution < 1.29 is 0 Å². The summed E-state index contributed by atoms with van der Waals surface area (Å²) in [6, 6.07) is 0. The lowest BCUT2D eigenvalue weighted by Crippen LogP contribution is -1.74. The minimum absolute atomic E-state index is 0.690. The third-order valence-corrected chi connectivity index (χ3v) is 3.44. The normalized spacial score (nSPS) is 15.2. The van der Waals surface area contributed by atoms with E-state index < -0.39 is 0 Å². The number of azo groups is 1. The Morgan fingerprint density at radius 3 is 3.08 bits per heavy atom. The lowest BCUT2D eigenvalue weighted by molar-refractivity contribution is 0.912. The van der Waals surface area contributed by atoms with Crippen molar-refractivity contribution in [2.75, 3.05) is 6.54 Å². The zero-order chi connectivity index (χ0) is 8.23. The molecule has 5 nitrogen and oxygen atoms in total. The Morgan fingerprint density at radius 1 is 1.42 bits per heavy atom. The predicted molar refractivity (Wildman–Crippen MR) is 47.6 cm³/mol. The van der Waals surface area contributed by atoms with Crippen LogP contribution in [0, 0.1) is 0 Å². The number of aromatic amines is 1. The first kappa shape index (κ1) is 7.81. The fraction of sp³-hybridized carbons (Fsp3) is 0.200. The molecular weight excluding hydrogens is 194 g/mol. The predicted octanol–water partition coefficient (Wildman–Crippen LogP) is 1.85. The lowest BCUT2D eigenvalue weighted by atomic mass is 10.6. The van der Waals surface area contributed by atoms with Crippen molar-refractivity contribution >= 4 is 21.6 Å². The molecule has 2 rings (SSSR count). The Morgan fingerprint density at radius 2 is 2.42 bits per heavy atom. The number of hydrogen-bond acceptors (Lipinski definition) is 6. The van der Waals surface area contributed by atoms with E-state index in [2.05, 4.69) is 25.6 Å². The molecule has 0 aromatic carbocycles. The summed E-state index contributed by atoms with van der Waals surface area (Å²) in [6.45, 7) is 0.690. The Bertz CT molecular complexity index is 304. The van der Waals surface area contributed by atoms with Crippen molar-refractivity contribution in [3.63, 3.8) is 0 Å². The number of nitrogens with zero attached hydrogens (tertiary/aromatic N) is 4. The minimum Gasteiger partial charge on any atom is -0.197 e. The van der Waals surface area contributed by atoms with Gasteiger partial charge < -0.3 is 0 Å². The van der Waals surface area contributed by atoms with Crippen molar-refractivity contribution in [3.05, 3.63) is 17.3 Å². The second-order valence-corrected chi connectivity index (χ2v) is 4.26. The standard InChI is InChI=1S/C5H5N5S2/c1-4(2-7-6-1)11-12-5-3-8-10-9-5/h1,3H,2H2,(H,8,9,10). The molecule has 0 saturated heterocycles. The summed E-state index contributed by atoms with van der Waals surface area (Å²) in [5.74, 6) is 0. The first-order chi connectivity index (χ1) is 5.95. The highest BCUT2D eigenvalue weighted by Gasteiger charge is 2.04. The van der Waals surface area contributed by atoms with Gasteiger partial charge in [0.2, 0.25) is 0 Å². The molecular formula is C5H5N5S2. The topological polar surface area (TPSA) is 66.3 Å². The maximum absolute atomic E-state index is 3.89.